The second kappa shape index (κ2) is 9.26. The molecule has 6 nitrogen and oxygen atoms in total. The van der Waals surface area contributed by atoms with Crippen molar-refractivity contribution in [2.75, 3.05) is 6.54 Å². The third-order valence-corrected chi connectivity index (χ3v) is 6.29. The van der Waals surface area contributed by atoms with Crippen LogP contribution in [0, 0.1) is 0 Å². The Morgan fingerprint density at radius 1 is 1.22 bits per heavy atom. The van der Waals surface area contributed by atoms with Crippen LogP contribution in [0.4, 0.5) is 4.79 Å². The minimum Gasteiger partial charge on any atom is -0.444 e. The Morgan fingerprint density at radius 3 is 2.75 bits per heavy atom. The highest BCUT2D eigenvalue weighted by molar-refractivity contribution is 6.35. The fourth-order valence-electron chi connectivity index (χ4n) is 4.53. The number of likely N-dealkylation sites (tertiary alicyclic amines) is 1. The van der Waals surface area contributed by atoms with Crippen molar-refractivity contribution in [3.63, 3.8) is 0 Å². The van der Waals surface area contributed by atoms with Gasteiger partial charge in [-0.15, -0.1) is 0 Å². The predicted octanol–water partition coefficient (Wildman–Crippen LogP) is 6.37. The molecular formula is C25H33ClN4O2. The van der Waals surface area contributed by atoms with Crippen molar-refractivity contribution in [3.05, 3.63) is 35.2 Å². The van der Waals surface area contributed by atoms with Gasteiger partial charge in [0.25, 0.3) is 0 Å². The molecule has 1 aliphatic rings. The number of halogens is 1. The summed E-state index contributed by atoms with van der Waals surface area (Å²) < 4.78 is 8.02. The summed E-state index contributed by atoms with van der Waals surface area (Å²) in [6.45, 7) is 9.33. The largest absolute Gasteiger partial charge is 0.444 e. The number of carbonyl (C=O) groups is 1. The number of unbranched alkanes of at least 4 members (excludes halogenated alkanes) is 1. The van der Waals surface area contributed by atoms with Crippen LogP contribution >= 0.6 is 11.6 Å². The summed E-state index contributed by atoms with van der Waals surface area (Å²) in [7, 11) is 0. The number of nitrogens with zero attached hydrogens (tertiary/aromatic N) is 4. The smallest absolute Gasteiger partial charge is 0.410 e. The average Bonchev–Trinajstić information content (AvgIpc) is 3.10. The molecule has 0 bridgehead atoms. The molecule has 1 saturated heterocycles. The summed E-state index contributed by atoms with van der Waals surface area (Å²) in [5.41, 5.74) is 2.11. The van der Waals surface area contributed by atoms with E-state index >= 15 is 0 Å². The lowest BCUT2D eigenvalue weighted by Gasteiger charge is -2.37. The maximum Gasteiger partial charge on any atom is 0.410 e. The van der Waals surface area contributed by atoms with Crippen LogP contribution in [-0.4, -0.2) is 43.7 Å². The molecule has 0 spiro atoms. The van der Waals surface area contributed by atoms with Crippen LogP contribution in [0.2, 0.25) is 5.15 Å². The monoisotopic (exact) mass is 456 g/mol. The predicted molar refractivity (Wildman–Crippen MR) is 129 cm³/mol. The molecule has 1 amide bonds. The van der Waals surface area contributed by atoms with E-state index in [9.17, 15) is 4.79 Å². The molecule has 4 rings (SSSR count). The zero-order valence-corrected chi connectivity index (χ0v) is 20.3. The summed E-state index contributed by atoms with van der Waals surface area (Å²) in [6, 6.07) is 8.12. The number of benzene rings is 1. The Kier molecular flexibility index (Phi) is 6.61. The van der Waals surface area contributed by atoms with E-state index in [0.29, 0.717) is 11.7 Å². The number of piperidine rings is 1. The zero-order chi connectivity index (χ0) is 22.9. The average molecular weight is 457 g/mol. The van der Waals surface area contributed by atoms with Crippen molar-refractivity contribution in [2.24, 2.45) is 0 Å². The number of carbonyl (C=O) groups excluding carboxylic acids is 1. The summed E-state index contributed by atoms with van der Waals surface area (Å²) in [5.74, 6) is 1.01. The fourth-order valence-corrected chi connectivity index (χ4v) is 4.75. The highest BCUT2D eigenvalue weighted by Gasteiger charge is 2.32. The van der Waals surface area contributed by atoms with Gasteiger partial charge in [-0.05, 0) is 52.5 Å². The minimum atomic E-state index is -0.511. The summed E-state index contributed by atoms with van der Waals surface area (Å²) in [4.78, 5) is 24.4. The fraction of sp³-hybridized carbons (Fsp3) is 0.560. The third-order valence-electron chi connectivity index (χ3n) is 6.02. The molecular weight excluding hydrogens is 424 g/mol. The van der Waals surface area contributed by atoms with Gasteiger partial charge in [-0.2, -0.15) is 0 Å². The van der Waals surface area contributed by atoms with Crippen molar-refractivity contribution < 1.29 is 9.53 Å². The molecule has 32 heavy (non-hydrogen) atoms. The molecule has 1 unspecified atom stereocenters. The van der Waals surface area contributed by atoms with Gasteiger partial charge in [0.2, 0.25) is 0 Å². The van der Waals surface area contributed by atoms with Crippen molar-refractivity contribution in [1.29, 1.82) is 0 Å². The number of amides is 1. The Balaban J connectivity index is 1.78. The number of aromatic nitrogens is 3. The molecule has 0 N–H and O–H groups in total. The molecule has 1 aliphatic heterocycles. The van der Waals surface area contributed by atoms with Gasteiger partial charge in [0.1, 0.15) is 16.9 Å². The van der Waals surface area contributed by atoms with E-state index in [1.807, 2.05) is 43.9 Å². The van der Waals surface area contributed by atoms with E-state index in [2.05, 4.69) is 22.5 Å². The van der Waals surface area contributed by atoms with Crippen LogP contribution in [0.25, 0.3) is 21.9 Å². The SMILES string of the molecule is CCCCc1nc2c(Cl)nc3ccccc3c2n1CC1CCCCN1C(=O)OC(C)(C)C. The lowest BCUT2D eigenvalue weighted by Crippen LogP contribution is -2.48. The van der Waals surface area contributed by atoms with Gasteiger partial charge in [0, 0.05) is 24.9 Å². The molecule has 3 heterocycles. The number of aryl methyl sites for hydroxylation is 1. The highest BCUT2D eigenvalue weighted by atomic mass is 35.5. The van der Waals surface area contributed by atoms with Gasteiger partial charge in [-0.3, -0.25) is 0 Å². The number of fused-ring (bicyclic) bond motifs is 3. The maximum absolute atomic E-state index is 13.0. The van der Waals surface area contributed by atoms with Crippen molar-refractivity contribution >= 4 is 39.6 Å². The van der Waals surface area contributed by atoms with Crippen LogP contribution in [0.1, 0.15) is 65.6 Å². The highest BCUT2D eigenvalue weighted by Crippen LogP contribution is 2.32. The number of hydrogen-bond donors (Lipinski definition) is 0. The van der Waals surface area contributed by atoms with E-state index in [1.54, 1.807) is 0 Å². The number of hydrogen-bond acceptors (Lipinski definition) is 4. The first-order valence-corrected chi connectivity index (χ1v) is 12.1. The van der Waals surface area contributed by atoms with Crippen molar-refractivity contribution in [3.8, 4) is 0 Å². The van der Waals surface area contributed by atoms with E-state index in [4.69, 9.17) is 21.3 Å². The van der Waals surface area contributed by atoms with Crippen LogP contribution in [0.15, 0.2) is 24.3 Å². The number of pyridine rings is 1. The molecule has 7 heteroatoms. The number of ether oxygens (including phenoxy) is 1. The number of para-hydroxylation sites is 1. The lowest BCUT2D eigenvalue weighted by atomic mass is 10.0. The normalized spacial score (nSPS) is 17.3. The van der Waals surface area contributed by atoms with E-state index in [0.717, 1.165) is 72.8 Å². The molecule has 0 aliphatic carbocycles. The Labute approximate surface area is 194 Å². The van der Waals surface area contributed by atoms with Crippen LogP contribution in [0.3, 0.4) is 0 Å². The van der Waals surface area contributed by atoms with Gasteiger partial charge >= 0.3 is 6.09 Å². The molecule has 172 valence electrons. The second-order valence-electron chi connectivity index (χ2n) is 9.68. The second-order valence-corrected chi connectivity index (χ2v) is 10.0. The molecule has 0 saturated carbocycles. The van der Waals surface area contributed by atoms with Gasteiger partial charge in [-0.25, -0.2) is 14.8 Å². The minimum absolute atomic E-state index is 0.0575. The molecule has 1 fully saturated rings. The summed E-state index contributed by atoms with van der Waals surface area (Å²) in [6.07, 6.45) is 5.83. The number of imidazole rings is 1. The van der Waals surface area contributed by atoms with Gasteiger partial charge in [-0.1, -0.05) is 43.1 Å². The zero-order valence-electron chi connectivity index (χ0n) is 19.5. The summed E-state index contributed by atoms with van der Waals surface area (Å²) in [5, 5.41) is 1.48. The van der Waals surface area contributed by atoms with Crippen LogP contribution in [0.5, 0.6) is 0 Å². The Hall–Kier alpha value is -2.34. The first kappa shape index (κ1) is 22.8. The van der Waals surface area contributed by atoms with Crippen LogP contribution in [-0.2, 0) is 17.7 Å². The van der Waals surface area contributed by atoms with Gasteiger partial charge in [0.05, 0.1) is 17.1 Å². The summed E-state index contributed by atoms with van der Waals surface area (Å²) >= 11 is 6.58. The lowest BCUT2D eigenvalue weighted by molar-refractivity contribution is 0.00784. The Morgan fingerprint density at radius 2 is 2.00 bits per heavy atom. The van der Waals surface area contributed by atoms with Crippen LogP contribution < -0.4 is 0 Å². The topological polar surface area (TPSA) is 60.2 Å². The van der Waals surface area contributed by atoms with Gasteiger partial charge in [0.15, 0.2) is 5.15 Å². The standard InChI is InChI=1S/C25H33ClN4O2/c1-5-6-14-20-28-21-22(18-12-7-8-13-19(18)27-23(21)26)30(20)16-17-11-9-10-15-29(17)24(31)32-25(2,3)4/h7-8,12-13,17H,5-6,9-11,14-16H2,1-4H3. The molecule has 3 aromatic rings. The number of rotatable bonds is 5. The van der Waals surface area contributed by atoms with Crippen molar-refractivity contribution in [2.45, 2.75) is 84.4 Å². The third kappa shape index (κ3) is 4.70. The molecule has 2 aromatic heterocycles. The van der Waals surface area contributed by atoms with Crippen molar-refractivity contribution in [1.82, 2.24) is 19.4 Å². The first-order chi connectivity index (χ1) is 15.3. The van der Waals surface area contributed by atoms with E-state index < -0.39 is 5.60 Å². The van der Waals surface area contributed by atoms with E-state index in [1.165, 1.54) is 0 Å². The van der Waals surface area contributed by atoms with E-state index in [-0.39, 0.29) is 12.1 Å². The quantitative estimate of drug-likeness (QED) is 0.418. The Bertz CT molecular complexity index is 1120. The molecule has 1 aromatic carbocycles. The first-order valence-electron chi connectivity index (χ1n) is 11.7. The maximum atomic E-state index is 13.0. The van der Waals surface area contributed by atoms with Gasteiger partial charge < -0.3 is 14.2 Å². The molecule has 1 atom stereocenters. The molecule has 0 radical (unpaired) electrons.